The molecule has 0 atom stereocenters. The van der Waals surface area contributed by atoms with Crippen LogP contribution in [0.1, 0.15) is 13.8 Å². The first kappa shape index (κ1) is 21.6. The van der Waals surface area contributed by atoms with Crippen LogP contribution in [-0.4, -0.2) is 58.5 Å². The fraction of sp³-hybridized carbons (Fsp3) is 0.588. The Balaban J connectivity index is 0.000000460. The van der Waals surface area contributed by atoms with Gasteiger partial charge in [-0.2, -0.15) is 11.8 Å². The van der Waals surface area contributed by atoms with Crippen molar-refractivity contribution in [2.45, 2.75) is 13.8 Å². The molecule has 5 nitrogen and oxygen atoms in total. The summed E-state index contributed by atoms with van der Waals surface area (Å²) in [5, 5.41) is 0. The van der Waals surface area contributed by atoms with Crippen LogP contribution in [0.5, 0.6) is 5.75 Å². The van der Waals surface area contributed by atoms with Gasteiger partial charge in [0.15, 0.2) is 0 Å². The number of carbonyl (C=O) groups is 1. The van der Waals surface area contributed by atoms with E-state index in [2.05, 4.69) is 32.8 Å². The van der Waals surface area contributed by atoms with Gasteiger partial charge in [0.05, 0.1) is 19.3 Å². The molecule has 0 saturated heterocycles. The highest BCUT2D eigenvalue weighted by atomic mass is 32.2. The molecule has 0 spiro atoms. The number of carbonyl (C=O) groups excluding carboxylic acids is 1. The van der Waals surface area contributed by atoms with E-state index in [1.807, 2.05) is 37.7 Å². The quantitative estimate of drug-likeness (QED) is 0.766. The molecule has 1 aromatic rings. The molecule has 1 aromatic carbocycles. The summed E-state index contributed by atoms with van der Waals surface area (Å²) >= 11 is 1.89. The maximum absolute atomic E-state index is 10.1. The van der Waals surface area contributed by atoms with E-state index in [0.717, 1.165) is 25.4 Å². The number of nitrogens with zero attached hydrogens (tertiary/aromatic N) is 1. The third-order valence-corrected chi connectivity index (χ3v) is 3.47. The summed E-state index contributed by atoms with van der Waals surface area (Å²) in [6.07, 6.45) is 2.15. The van der Waals surface area contributed by atoms with Crippen molar-refractivity contribution in [3.63, 3.8) is 0 Å². The highest BCUT2D eigenvalue weighted by Gasteiger charge is 2.16. The number of fused-ring (bicyclic) bond motifs is 1. The molecular weight excluding hydrogens is 314 g/mol. The molecule has 0 N–H and O–H groups in total. The minimum Gasteiger partial charge on any atom is -0.490 e. The van der Waals surface area contributed by atoms with Crippen molar-refractivity contribution in [1.29, 1.82) is 0 Å². The zero-order valence-electron chi connectivity index (χ0n) is 14.8. The number of anilines is 1. The van der Waals surface area contributed by atoms with Gasteiger partial charge in [0.25, 0.3) is 0 Å². The second-order valence-electron chi connectivity index (χ2n) is 4.31. The van der Waals surface area contributed by atoms with Gasteiger partial charge in [0, 0.05) is 19.4 Å². The van der Waals surface area contributed by atoms with Gasteiger partial charge in [0.1, 0.15) is 19.0 Å². The highest BCUT2D eigenvalue weighted by molar-refractivity contribution is 7.98. The Morgan fingerprint density at radius 3 is 2.57 bits per heavy atom. The lowest BCUT2D eigenvalue weighted by atomic mass is 10.2. The van der Waals surface area contributed by atoms with E-state index in [1.165, 1.54) is 25.7 Å². The topological polar surface area (TPSA) is 48.0 Å². The van der Waals surface area contributed by atoms with Crippen molar-refractivity contribution in [3.8, 4) is 5.75 Å². The van der Waals surface area contributed by atoms with E-state index in [-0.39, 0.29) is 12.6 Å². The van der Waals surface area contributed by atoms with Crippen LogP contribution in [0.2, 0.25) is 0 Å². The van der Waals surface area contributed by atoms with Crippen LogP contribution in [0.4, 0.5) is 5.69 Å². The standard InChI is InChI=1S/C11H15NOS.C4H8O3.C2H6/c1-14-9-7-12-6-8-13-11-5-3-2-4-10(11)12;1-6-3-4(5)7-2;1-2/h2-5H,6-9H2,1H3;3H2,1-2H3;1-2H3. The van der Waals surface area contributed by atoms with E-state index in [1.54, 1.807) is 0 Å². The Kier molecular flexibility index (Phi) is 13.3. The molecule has 0 unspecified atom stereocenters. The van der Waals surface area contributed by atoms with Gasteiger partial charge in [-0.05, 0) is 18.4 Å². The molecule has 2 rings (SSSR count). The second-order valence-corrected chi connectivity index (χ2v) is 5.29. The summed E-state index contributed by atoms with van der Waals surface area (Å²) in [4.78, 5) is 12.5. The van der Waals surface area contributed by atoms with Crippen LogP contribution in [0.3, 0.4) is 0 Å². The molecule has 0 amide bonds. The average Bonchev–Trinajstić information content (AvgIpc) is 2.62. The zero-order valence-corrected chi connectivity index (χ0v) is 15.6. The monoisotopic (exact) mass is 343 g/mol. The third-order valence-electron chi connectivity index (χ3n) is 2.88. The molecular formula is C17H29NO4S. The van der Waals surface area contributed by atoms with Gasteiger partial charge in [-0.1, -0.05) is 26.0 Å². The van der Waals surface area contributed by atoms with Crippen molar-refractivity contribution in [2.24, 2.45) is 0 Å². The molecule has 23 heavy (non-hydrogen) atoms. The van der Waals surface area contributed by atoms with Gasteiger partial charge in [-0.25, -0.2) is 4.79 Å². The summed E-state index contributed by atoms with van der Waals surface area (Å²) in [5.74, 6) is 1.86. The maximum Gasteiger partial charge on any atom is 0.331 e. The molecule has 0 aliphatic carbocycles. The van der Waals surface area contributed by atoms with Crippen molar-refractivity contribution in [1.82, 2.24) is 0 Å². The van der Waals surface area contributed by atoms with Crippen LogP contribution in [0.15, 0.2) is 24.3 Å². The van der Waals surface area contributed by atoms with Gasteiger partial charge >= 0.3 is 5.97 Å². The van der Waals surface area contributed by atoms with Crippen LogP contribution < -0.4 is 9.64 Å². The first-order chi connectivity index (χ1) is 11.2. The molecule has 6 heteroatoms. The van der Waals surface area contributed by atoms with Crippen LogP contribution in [-0.2, 0) is 14.3 Å². The van der Waals surface area contributed by atoms with Gasteiger partial charge in [-0.3, -0.25) is 0 Å². The summed E-state index contributed by atoms with van der Waals surface area (Å²) < 4.78 is 14.2. The number of ether oxygens (including phenoxy) is 3. The first-order valence-electron chi connectivity index (χ1n) is 7.74. The van der Waals surface area contributed by atoms with Crippen molar-refractivity contribution < 1.29 is 19.0 Å². The van der Waals surface area contributed by atoms with E-state index in [0.29, 0.717) is 0 Å². The normalized spacial score (nSPS) is 11.8. The number of hydrogen-bond donors (Lipinski definition) is 0. The molecule has 0 radical (unpaired) electrons. The van der Waals surface area contributed by atoms with E-state index >= 15 is 0 Å². The number of benzene rings is 1. The number of para-hydroxylation sites is 2. The number of hydrogen-bond acceptors (Lipinski definition) is 6. The van der Waals surface area contributed by atoms with Gasteiger partial charge in [-0.15, -0.1) is 0 Å². The lowest BCUT2D eigenvalue weighted by molar-refractivity contribution is -0.144. The second kappa shape index (κ2) is 14.2. The molecule has 132 valence electrons. The lowest BCUT2D eigenvalue weighted by Crippen LogP contribution is -2.34. The Labute approximate surface area is 144 Å². The average molecular weight is 343 g/mol. The Morgan fingerprint density at radius 1 is 1.30 bits per heavy atom. The molecule has 0 aromatic heterocycles. The maximum atomic E-state index is 10.1. The van der Waals surface area contributed by atoms with Crippen molar-refractivity contribution >= 4 is 23.4 Å². The predicted molar refractivity (Wildman–Crippen MR) is 97.8 cm³/mol. The fourth-order valence-electron chi connectivity index (χ4n) is 1.84. The number of thioether (sulfide) groups is 1. The first-order valence-corrected chi connectivity index (χ1v) is 9.13. The fourth-order valence-corrected chi connectivity index (χ4v) is 2.24. The van der Waals surface area contributed by atoms with Gasteiger partial charge in [0.2, 0.25) is 0 Å². The van der Waals surface area contributed by atoms with Crippen molar-refractivity contribution in [3.05, 3.63) is 24.3 Å². The SMILES string of the molecule is CC.COCC(=O)OC.CSCCN1CCOc2ccccc21. The summed E-state index contributed by atoms with van der Waals surface area (Å²) in [6, 6.07) is 8.27. The van der Waals surface area contributed by atoms with Crippen LogP contribution in [0, 0.1) is 0 Å². The summed E-state index contributed by atoms with van der Waals surface area (Å²) in [5.41, 5.74) is 1.24. The molecule has 0 fully saturated rings. The van der Waals surface area contributed by atoms with E-state index < -0.39 is 0 Å². The Morgan fingerprint density at radius 2 is 2.00 bits per heavy atom. The lowest BCUT2D eigenvalue weighted by Gasteiger charge is -2.30. The smallest absolute Gasteiger partial charge is 0.331 e. The van der Waals surface area contributed by atoms with E-state index in [9.17, 15) is 4.79 Å². The molecule has 0 saturated carbocycles. The number of methoxy groups -OCH3 is 2. The number of esters is 1. The third kappa shape index (κ3) is 8.71. The number of rotatable bonds is 5. The van der Waals surface area contributed by atoms with Crippen LogP contribution >= 0.6 is 11.8 Å². The Bertz CT molecular complexity index is 429. The van der Waals surface area contributed by atoms with Crippen LogP contribution in [0.25, 0.3) is 0 Å². The zero-order chi connectivity index (χ0) is 17.5. The van der Waals surface area contributed by atoms with Gasteiger partial charge < -0.3 is 19.1 Å². The summed E-state index contributed by atoms with van der Waals surface area (Å²) in [7, 11) is 2.76. The Hall–Kier alpha value is -1.40. The highest BCUT2D eigenvalue weighted by Crippen LogP contribution is 2.30. The minimum atomic E-state index is -0.345. The summed E-state index contributed by atoms with van der Waals surface area (Å²) in [6.45, 7) is 6.97. The molecule has 1 heterocycles. The molecule has 0 bridgehead atoms. The van der Waals surface area contributed by atoms with E-state index in [4.69, 9.17) is 4.74 Å². The molecule has 1 aliphatic heterocycles. The predicted octanol–water partition coefficient (Wildman–Crippen LogP) is 3.08. The molecule has 1 aliphatic rings. The minimum absolute atomic E-state index is 0.0382. The van der Waals surface area contributed by atoms with Crippen molar-refractivity contribution in [2.75, 3.05) is 57.4 Å². The largest absolute Gasteiger partial charge is 0.490 e.